The number of benzene rings is 2. The van der Waals surface area contributed by atoms with Crippen LogP contribution in [0.25, 0.3) is 6.08 Å². The fourth-order valence-corrected chi connectivity index (χ4v) is 4.23. The topological polar surface area (TPSA) is 83.5 Å². The van der Waals surface area contributed by atoms with Crippen LogP contribution in [0.2, 0.25) is 5.02 Å². The highest BCUT2D eigenvalue weighted by Crippen LogP contribution is 2.52. The predicted octanol–water partition coefficient (Wildman–Crippen LogP) is 3.24. The van der Waals surface area contributed by atoms with E-state index >= 15 is 0 Å². The summed E-state index contributed by atoms with van der Waals surface area (Å²) in [5.74, 6) is -1.57. The quantitative estimate of drug-likeness (QED) is 0.809. The van der Waals surface area contributed by atoms with Crippen LogP contribution in [-0.2, 0) is 14.8 Å². The van der Waals surface area contributed by atoms with Gasteiger partial charge >= 0.3 is 5.97 Å². The highest BCUT2D eigenvalue weighted by Gasteiger charge is 2.63. The smallest absolute Gasteiger partial charge is 0.325 e. The molecule has 7 heteroatoms. The maximum atomic E-state index is 12.3. The first-order chi connectivity index (χ1) is 11.8. The minimum atomic E-state index is -3.93. The molecule has 130 valence electrons. The summed E-state index contributed by atoms with van der Waals surface area (Å²) in [6, 6.07) is 15.7. The number of carboxylic acid groups (broad SMARTS) is 1. The monoisotopic (exact) mass is 377 g/mol. The second kappa shape index (κ2) is 6.63. The number of hydrogen-bond donors (Lipinski definition) is 2. The molecule has 1 aliphatic carbocycles. The zero-order valence-corrected chi connectivity index (χ0v) is 14.7. The third-order valence-corrected chi connectivity index (χ3v) is 5.54. The summed E-state index contributed by atoms with van der Waals surface area (Å²) in [5.41, 5.74) is -0.0946. The number of carboxylic acids is 1. The van der Waals surface area contributed by atoms with Gasteiger partial charge in [-0.05, 0) is 35.8 Å². The van der Waals surface area contributed by atoms with Crippen LogP contribution in [0, 0.1) is 0 Å². The van der Waals surface area contributed by atoms with Crippen LogP contribution in [0.5, 0.6) is 0 Å². The first-order valence-electron chi connectivity index (χ1n) is 7.58. The van der Waals surface area contributed by atoms with Gasteiger partial charge in [0.2, 0.25) is 10.0 Å². The van der Waals surface area contributed by atoms with Crippen molar-refractivity contribution in [3.8, 4) is 0 Å². The summed E-state index contributed by atoms with van der Waals surface area (Å²) in [6.07, 6.45) is 1.60. The summed E-state index contributed by atoms with van der Waals surface area (Å²) in [4.78, 5) is 11.7. The molecule has 5 nitrogen and oxygen atoms in total. The summed E-state index contributed by atoms with van der Waals surface area (Å²) >= 11 is 5.86. The van der Waals surface area contributed by atoms with E-state index in [0.29, 0.717) is 10.6 Å². The fraction of sp³-hybridized carbons (Fsp3) is 0.167. The normalized spacial score (nSPS) is 22.8. The van der Waals surface area contributed by atoms with E-state index in [0.717, 1.165) is 11.0 Å². The molecule has 0 heterocycles. The molecule has 0 saturated heterocycles. The van der Waals surface area contributed by atoms with Crippen molar-refractivity contribution in [3.05, 3.63) is 76.2 Å². The molecule has 0 aliphatic heterocycles. The zero-order valence-electron chi connectivity index (χ0n) is 13.1. The summed E-state index contributed by atoms with van der Waals surface area (Å²) in [6.45, 7) is 0. The van der Waals surface area contributed by atoms with E-state index < -0.39 is 21.5 Å². The number of rotatable bonds is 6. The Morgan fingerprint density at radius 3 is 2.56 bits per heavy atom. The van der Waals surface area contributed by atoms with Crippen LogP contribution in [-0.4, -0.2) is 25.0 Å². The van der Waals surface area contributed by atoms with Gasteiger partial charge in [0.05, 0.1) is 0 Å². The van der Waals surface area contributed by atoms with E-state index in [1.54, 1.807) is 48.5 Å². The Hall–Kier alpha value is -2.15. The lowest BCUT2D eigenvalue weighted by Gasteiger charge is -2.13. The van der Waals surface area contributed by atoms with Crippen LogP contribution in [0.15, 0.2) is 60.0 Å². The van der Waals surface area contributed by atoms with Crippen molar-refractivity contribution in [2.24, 2.45) is 0 Å². The van der Waals surface area contributed by atoms with E-state index in [1.165, 1.54) is 6.08 Å². The van der Waals surface area contributed by atoms with Gasteiger partial charge in [-0.15, -0.1) is 0 Å². The van der Waals surface area contributed by atoms with Gasteiger partial charge in [0, 0.05) is 16.3 Å². The van der Waals surface area contributed by atoms with Gasteiger partial charge in [0.15, 0.2) is 0 Å². The van der Waals surface area contributed by atoms with Crippen LogP contribution in [0.4, 0.5) is 0 Å². The van der Waals surface area contributed by atoms with Crippen LogP contribution < -0.4 is 4.72 Å². The Morgan fingerprint density at radius 2 is 1.92 bits per heavy atom. The number of aliphatic carboxylic acids is 1. The molecule has 2 aromatic rings. The predicted molar refractivity (Wildman–Crippen MR) is 96.7 cm³/mol. The number of carbonyl (C=O) groups is 1. The fourth-order valence-electron chi connectivity index (χ4n) is 2.81. The molecule has 3 rings (SSSR count). The molecule has 0 radical (unpaired) electrons. The van der Waals surface area contributed by atoms with E-state index in [9.17, 15) is 18.3 Å². The standard InChI is InChI=1S/C18H16ClNO4S/c19-15-8-4-5-13(11-15)9-10-25(23,24)20-18(17(21)22)12-16(18)14-6-2-1-3-7-14/h1-11,16,20H,12H2,(H,21,22)/b10-9+/t16-,18-/m0/s1. The first-order valence-corrected chi connectivity index (χ1v) is 9.51. The zero-order chi connectivity index (χ0) is 18.1. The molecule has 0 spiro atoms. The highest BCUT2D eigenvalue weighted by atomic mass is 35.5. The third-order valence-electron chi connectivity index (χ3n) is 4.16. The van der Waals surface area contributed by atoms with E-state index in [-0.39, 0.29) is 12.3 Å². The van der Waals surface area contributed by atoms with Gasteiger partial charge < -0.3 is 5.11 Å². The Kier molecular flexibility index (Phi) is 4.69. The molecule has 1 fully saturated rings. The van der Waals surface area contributed by atoms with Crippen molar-refractivity contribution in [2.75, 3.05) is 0 Å². The maximum Gasteiger partial charge on any atom is 0.325 e. The molecule has 2 N–H and O–H groups in total. The van der Waals surface area contributed by atoms with Crippen molar-refractivity contribution >= 4 is 33.7 Å². The third kappa shape index (κ3) is 3.92. The van der Waals surface area contributed by atoms with Gasteiger partial charge in [-0.2, -0.15) is 4.72 Å². The number of halogens is 1. The van der Waals surface area contributed by atoms with Crippen molar-refractivity contribution in [3.63, 3.8) is 0 Å². The highest BCUT2D eigenvalue weighted by molar-refractivity contribution is 7.92. The molecule has 0 bridgehead atoms. The lowest BCUT2D eigenvalue weighted by atomic mass is 10.1. The first kappa shape index (κ1) is 17.7. The Balaban J connectivity index is 1.80. The summed E-state index contributed by atoms with van der Waals surface area (Å²) in [5, 5.41) is 11.0. The van der Waals surface area contributed by atoms with E-state index in [2.05, 4.69) is 4.72 Å². The lowest BCUT2D eigenvalue weighted by molar-refractivity contribution is -0.140. The van der Waals surface area contributed by atoms with Crippen LogP contribution in [0.1, 0.15) is 23.5 Å². The van der Waals surface area contributed by atoms with Crippen molar-refractivity contribution in [2.45, 2.75) is 17.9 Å². The van der Waals surface area contributed by atoms with Crippen molar-refractivity contribution in [1.29, 1.82) is 0 Å². The van der Waals surface area contributed by atoms with Crippen molar-refractivity contribution < 1.29 is 18.3 Å². The maximum absolute atomic E-state index is 12.3. The average Bonchev–Trinajstić information content (AvgIpc) is 3.29. The Labute approximate surface area is 151 Å². The molecule has 25 heavy (non-hydrogen) atoms. The second-order valence-corrected chi connectivity index (χ2v) is 7.95. The largest absolute Gasteiger partial charge is 0.480 e. The van der Waals surface area contributed by atoms with E-state index in [1.807, 2.05) is 6.07 Å². The molecular formula is C18H16ClNO4S. The second-order valence-electron chi connectivity index (χ2n) is 5.95. The number of nitrogens with one attached hydrogen (secondary N) is 1. The Morgan fingerprint density at radius 1 is 1.20 bits per heavy atom. The summed E-state index contributed by atoms with van der Waals surface area (Å²) in [7, 11) is -3.93. The molecule has 2 atom stereocenters. The molecule has 0 unspecified atom stereocenters. The van der Waals surface area contributed by atoms with Crippen LogP contribution in [0.3, 0.4) is 0 Å². The average molecular weight is 378 g/mol. The summed E-state index contributed by atoms with van der Waals surface area (Å²) < 4.78 is 27.0. The molecule has 2 aromatic carbocycles. The van der Waals surface area contributed by atoms with Gasteiger partial charge in [-0.3, -0.25) is 4.79 Å². The SMILES string of the molecule is O=C(O)[C@]1(NS(=O)(=O)/C=C/c2cccc(Cl)c2)C[C@H]1c1ccccc1. The van der Waals surface area contributed by atoms with E-state index in [4.69, 9.17) is 11.6 Å². The van der Waals surface area contributed by atoms with Gasteiger partial charge in [0.1, 0.15) is 5.54 Å². The Bertz CT molecular complexity index is 927. The molecule has 0 amide bonds. The van der Waals surface area contributed by atoms with Crippen LogP contribution >= 0.6 is 11.6 Å². The minimum Gasteiger partial charge on any atom is -0.480 e. The number of hydrogen-bond acceptors (Lipinski definition) is 3. The lowest BCUT2D eigenvalue weighted by Crippen LogP contribution is -2.43. The van der Waals surface area contributed by atoms with Crippen molar-refractivity contribution in [1.82, 2.24) is 4.72 Å². The number of sulfonamides is 1. The molecule has 1 aliphatic rings. The molecular weight excluding hydrogens is 362 g/mol. The molecule has 0 aromatic heterocycles. The minimum absolute atomic E-state index is 0.219. The molecule has 1 saturated carbocycles. The van der Waals surface area contributed by atoms with Gasteiger partial charge in [0.25, 0.3) is 0 Å². The van der Waals surface area contributed by atoms with Gasteiger partial charge in [-0.1, -0.05) is 54.1 Å². The van der Waals surface area contributed by atoms with Gasteiger partial charge in [-0.25, -0.2) is 8.42 Å².